The van der Waals surface area contributed by atoms with Gasteiger partial charge >= 0.3 is 12.1 Å². The number of unbranched alkanes of at least 4 members (excludes halogenated alkanes) is 2. The van der Waals surface area contributed by atoms with Gasteiger partial charge in [-0.1, -0.05) is 20.3 Å². The molecule has 0 aliphatic rings. The number of carbonyl (C=O) groups excluding carboxylic acids is 6. The SMILES string of the molecule is COC(=O)C[C@H](NC(=O)[C@H](C)NC(=O)[C@@H](NC(=O)CCCCCNC(=O)OC(C)(C)C)C(C)C)C(=O)CF. The Kier molecular flexibility index (Phi) is 15.8. The summed E-state index contributed by atoms with van der Waals surface area (Å²) in [5.41, 5.74) is -0.579. The molecule has 13 heteroatoms. The summed E-state index contributed by atoms with van der Waals surface area (Å²) < 4.78 is 22.4. The Labute approximate surface area is 223 Å². The van der Waals surface area contributed by atoms with Crippen LogP contribution in [-0.2, 0) is 33.4 Å². The molecule has 38 heavy (non-hydrogen) atoms. The Morgan fingerprint density at radius 3 is 2.03 bits per heavy atom. The van der Waals surface area contributed by atoms with E-state index in [0.717, 1.165) is 7.11 Å². The van der Waals surface area contributed by atoms with Crippen molar-refractivity contribution in [2.45, 2.75) is 97.4 Å². The van der Waals surface area contributed by atoms with Gasteiger partial charge in [-0.3, -0.25) is 24.0 Å². The summed E-state index contributed by atoms with van der Waals surface area (Å²) >= 11 is 0. The van der Waals surface area contributed by atoms with Crippen LogP contribution in [0.1, 0.15) is 73.6 Å². The maximum atomic E-state index is 12.8. The fourth-order valence-electron chi connectivity index (χ4n) is 3.13. The molecule has 0 saturated heterocycles. The van der Waals surface area contributed by atoms with Crippen LogP contribution in [0.4, 0.5) is 9.18 Å². The van der Waals surface area contributed by atoms with Gasteiger partial charge in [0.1, 0.15) is 30.4 Å². The number of esters is 1. The van der Waals surface area contributed by atoms with Gasteiger partial charge in [0.2, 0.25) is 17.7 Å². The molecule has 0 unspecified atom stereocenters. The van der Waals surface area contributed by atoms with Crippen LogP contribution in [0.5, 0.6) is 0 Å². The monoisotopic (exact) mass is 546 g/mol. The van der Waals surface area contributed by atoms with Crippen molar-refractivity contribution in [3.8, 4) is 0 Å². The molecule has 0 aromatic rings. The predicted molar refractivity (Wildman–Crippen MR) is 137 cm³/mol. The molecule has 218 valence electrons. The molecule has 0 fully saturated rings. The van der Waals surface area contributed by atoms with Crippen molar-refractivity contribution in [2.24, 2.45) is 5.92 Å². The first-order chi connectivity index (χ1) is 17.6. The van der Waals surface area contributed by atoms with E-state index in [1.165, 1.54) is 6.92 Å². The lowest BCUT2D eigenvalue weighted by molar-refractivity contribution is -0.143. The standard InChI is InChI=1S/C25H43FN4O8/c1-15(2)21(30-19(32)11-9-8-10-12-27-24(36)38-25(4,5)6)23(35)28-16(3)22(34)29-17(18(31)14-26)13-20(33)37-7/h15-17,21H,8-14H2,1-7H3,(H,27,36)(H,28,35)(H,29,34)(H,30,32)/t16-,17-,21-/m0/s1. The molecule has 4 N–H and O–H groups in total. The number of rotatable bonds is 16. The van der Waals surface area contributed by atoms with E-state index in [-0.39, 0.29) is 18.2 Å². The lowest BCUT2D eigenvalue weighted by Crippen LogP contribution is -2.56. The quantitative estimate of drug-likeness (QED) is 0.166. The van der Waals surface area contributed by atoms with E-state index in [9.17, 15) is 33.2 Å². The molecule has 0 radical (unpaired) electrons. The molecule has 0 aliphatic carbocycles. The number of halogens is 1. The number of amides is 4. The van der Waals surface area contributed by atoms with Gasteiger partial charge in [0, 0.05) is 13.0 Å². The van der Waals surface area contributed by atoms with Crippen LogP contribution >= 0.6 is 0 Å². The Balaban J connectivity index is 4.67. The molecule has 0 heterocycles. The lowest BCUT2D eigenvalue weighted by atomic mass is 10.0. The van der Waals surface area contributed by atoms with E-state index in [4.69, 9.17) is 4.74 Å². The number of alkyl carbamates (subject to hydrolysis) is 1. The minimum atomic E-state index is -1.43. The lowest BCUT2D eigenvalue weighted by Gasteiger charge is -2.24. The molecule has 0 spiro atoms. The largest absolute Gasteiger partial charge is 0.469 e. The molecule has 12 nitrogen and oxygen atoms in total. The third-order valence-corrected chi connectivity index (χ3v) is 5.20. The average molecular weight is 547 g/mol. The van der Waals surface area contributed by atoms with E-state index in [1.54, 1.807) is 34.6 Å². The highest BCUT2D eigenvalue weighted by Crippen LogP contribution is 2.08. The minimum Gasteiger partial charge on any atom is -0.469 e. The first-order valence-corrected chi connectivity index (χ1v) is 12.6. The topological polar surface area (TPSA) is 169 Å². The summed E-state index contributed by atoms with van der Waals surface area (Å²) in [6.45, 7) is 9.14. The number of ketones is 1. The summed E-state index contributed by atoms with van der Waals surface area (Å²) in [5.74, 6) is -3.87. The first kappa shape index (κ1) is 34.8. The molecular formula is C25H43FN4O8. The van der Waals surface area contributed by atoms with Gasteiger partial charge in [-0.25, -0.2) is 9.18 Å². The first-order valence-electron chi connectivity index (χ1n) is 12.6. The smallest absolute Gasteiger partial charge is 0.407 e. The van der Waals surface area contributed by atoms with Crippen molar-refractivity contribution >= 4 is 35.6 Å². The third kappa shape index (κ3) is 15.1. The van der Waals surface area contributed by atoms with E-state index < -0.39 is 66.5 Å². The maximum Gasteiger partial charge on any atom is 0.407 e. The predicted octanol–water partition coefficient (Wildman–Crippen LogP) is 1.30. The second kappa shape index (κ2) is 17.3. The number of nitrogens with one attached hydrogen (secondary N) is 4. The Morgan fingerprint density at radius 2 is 1.50 bits per heavy atom. The van der Waals surface area contributed by atoms with E-state index >= 15 is 0 Å². The molecule has 0 aromatic heterocycles. The number of ether oxygens (including phenoxy) is 2. The van der Waals surface area contributed by atoms with E-state index in [2.05, 4.69) is 26.0 Å². The summed E-state index contributed by atoms with van der Waals surface area (Å²) in [7, 11) is 1.09. The highest BCUT2D eigenvalue weighted by molar-refractivity contribution is 5.96. The number of hydrogen-bond acceptors (Lipinski definition) is 8. The number of methoxy groups -OCH3 is 1. The zero-order chi connectivity index (χ0) is 29.5. The fourth-order valence-corrected chi connectivity index (χ4v) is 3.13. The van der Waals surface area contributed by atoms with Gasteiger partial charge in [-0.2, -0.15) is 0 Å². The van der Waals surface area contributed by atoms with Crippen molar-refractivity contribution in [3.05, 3.63) is 0 Å². The normalized spacial score (nSPS) is 13.5. The molecular weight excluding hydrogens is 503 g/mol. The van der Waals surface area contributed by atoms with Crippen molar-refractivity contribution in [1.29, 1.82) is 0 Å². The summed E-state index contributed by atoms with van der Waals surface area (Å²) in [6, 6.07) is -3.49. The maximum absolute atomic E-state index is 12.8. The number of carbonyl (C=O) groups is 6. The van der Waals surface area contributed by atoms with Crippen LogP contribution in [0.2, 0.25) is 0 Å². The van der Waals surface area contributed by atoms with Gasteiger partial charge in [0.25, 0.3) is 0 Å². The zero-order valence-electron chi connectivity index (χ0n) is 23.4. The van der Waals surface area contributed by atoms with Gasteiger partial charge in [0.15, 0.2) is 5.78 Å². The fraction of sp³-hybridized carbons (Fsp3) is 0.760. The molecule has 0 aliphatic heterocycles. The summed E-state index contributed by atoms with van der Waals surface area (Å²) in [6.07, 6.45) is 0.972. The summed E-state index contributed by atoms with van der Waals surface area (Å²) in [4.78, 5) is 72.4. The summed E-state index contributed by atoms with van der Waals surface area (Å²) in [5, 5.41) is 10.0. The van der Waals surface area contributed by atoms with Crippen molar-refractivity contribution in [3.63, 3.8) is 0 Å². The van der Waals surface area contributed by atoms with Crippen molar-refractivity contribution in [2.75, 3.05) is 20.3 Å². The number of hydrogen-bond donors (Lipinski definition) is 4. The highest BCUT2D eigenvalue weighted by Gasteiger charge is 2.29. The zero-order valence-corrected chi connectivity index (χ0v) is 23.4. The van der Waals surface area contributed by atoms with Crippen LogP contribution in [0.3, 0.4) is 0 Å². The van der Waals surface area contributed by atoms with Crippen molar-refractivity contribution < 1.29 is 42.6 Å². The van der Waals surface area contributed by atoms with Crippen LogP contribution in [0.15, 0.2) is 0 Å². The van der Waals surface area contributed by atoms with E-state index in [0.29, 0.717) is 25.8 Å². The van der Waals surface area contributed by atoms with Crippen molar-refractivity contribution in [1.82, 2.24) is 21.3 Å². The average Bonchev–Trinajstić information content (AvgIpc) is 2.81. The molecule has 0 saturated carbocycles. The highest BCUT2D eigenvalue weighted by atomic mass is 19.1. The molecule has 4 amide bonds. The molecule has 0 aromatic carbocycles. The second-order valence-corrected chi connectivity index (χ2v) is 10.2. The van der Waals surface area contributed by atoms with Gasteiger partial charge in [0.05, 0.1) is 13.5 Å². The molecule has 3 atom stereocenters. The Morgan fingerprint density at radius 1 is 0.868 bits per heavy atom. The van der Waals surface area contributed by atoms with Gasteiger partial charge in [-0.05, 0) is 46.5 Å². The Hall–Kier alpha value is -3.25. The van der Waals surface area contributed by atoms with Gasteiger partial charge in [-0.15, -0.1) is 0 Å². The van der Waals surface area contributed by atoms with Crippen LogP contribution in [-0.4, -0.2) is 79.6 Å². The van der Waals surface area contributed by atoms with Gasteiger partial charge < -0.3 is 30.7 Å². The molecule has 0 bridgehead atoms. The third-order valence-electron chi connectivity index (χ3n) is 5.20. The number of Topliss-reactive ketones (excluding diaryl/α,β-unsaturated/α-hetero) is 1. The molecule has 0 rings (SSSR count). The van der Waals surface area contributed by atoms with E-state index in [1.807, 2.05) is 0 Å². The van der Waals surface area contributed by atoms with Crippen LogP contribution < -0.4 is 21.3 Å². The second-order valence-electron chi connectivity index (χ2n) is 10.2. The Bertz CT molecular complexity index is 829. The minimum absolute atomic E-state index is 0.166. The van der Waals surface area contributed by atoms with Crippen LogP contribution in [0, 0.1) is 5.92 Å². The van der Waals surface area contributed by atoms with Crippen LogP contribution in [0.25, 0.3) is 0 Å². The number of alkyl halides is 1.